The molecule has 1 N–H and O–H groups in total. The summed E-state index contributed by atoms with van der Waals surface area (Å²) in [5.74, 6) is 0.869. The predicted octanol–water partition coefficient (Wildman–Crippen LogP) is 4.63. The molecule has 4 nitrogen and oxygen atoms in total. The first-order chi connectivity index (χ1) is 11.5. The van der Waals surface area contributed by atoms with Crippen molar-refractivity contribution in [1.29, 1.82) is 0 Å². The minimum absolute atomic E-state index is 0.0970. The van der Waals surface area contributed by atoms with E-state index in [0.29, 0.717) is 16.5 Å². The molecule has 0 aliphatic heterocycles. The van der Waals surface area contributed by atoms with Gasteiger partial charge in [-0.05, 0) is 37.6 Å². The Morgan fingerprint density at radius 1 is 1.17 bits per heavy atom. The molecule has 0 radical (unpaired) electrons. The van der Waals surface area contributed by atoms with Crippen LogP contribution in [0.25, 0.3) is 10.9 Å². The summed E-state index contributed by atoms with van der Waals surface area (Å²) >= 11 is 7.48. The maximum absolute atomic E-state index is 12.2. The lowest BCUT2D eigenvalue weighted by Gasteiger charge is -2.08. The Morgan fingerprint density at radius 2 is 1.96 bits per heavy atom. The van der Waals surface area contributed by atoms with Gasteiger partial charge in [0.05, 0.1) is 11.3 Å². The molecule has 6 heteroatoms. The minimum Gasteiger partial charge on any atom is -0.325 e. The van der Waals surface area contributed by atoms with E-state index in [0.717, 1.165) is 21.5 Å². The van der Waals surface area contributed by atoms with Gasteiger partial charge in [-0.3, -0.25) is 4.79 Å². The second kappa shape index (κ2) is 7.20. The van der Waals surface area contributed by atoms with Gasteiger partial charge in [0.15, 0.2) is 0 Å². The van der Waals surface area contributed by atoms with Crippen molar-refractivity contribution >= 4 is 45.9 Å². The smallest absolute Gasteiger partial charge is 0.234 e. The summed E-state index contributed by atoms with van der Waals surface area (Å²) in [7, 11) is 0. The normalized spacial score (nSPS) is 10.8. The van der Waals surface area contributed by atoms with Gasteiger partial charge in [-0.2, -0.15) is 0 Å². The number of benzene rings is 2. The van der Waals surface area contributed by atoms with Crippen molar-refractivity contribution in [2.24, 2.45) is 0 Å². The molecular weight excluding hydrogens is 342 g/mol. The molecule has 1 amide bonds. The summed E-state index contributed by atoms with van der Waals surface area (Å²) in [6, 6.07) is 13.3. The number of nitrogens with zero attached hydrogens (tertiary/aromatic N) is 2. The molecule has 0 saturated carbocycles. The number of fused-ring (bicyclic) bond motifs is 1. The zero-order chi connectivity index (χ0) is 17.1. The number of aromatic nitrogens is 2. The molecule has 0 fully saturated rings. The molecule has 0 aliphatic carbocycles. The molecular formula is C18H16ClN3OS. The number of thioether (sulfide) groups is 1. The molecule has 1 aromatic heterocycles. The summed E-state index contributed by atoms with van der Waals surface area (Å²) in [5, 5.41) is 5.26. The summed E-state index contributed by atoms with van der Waals surface area (Å²) in [6.45, 7) is 3.78. The number of para-hydroxylation sites is 1. The Morgan fingerprint density at radius 3 is 2.75 bits per heavy atom. The Hall–Kier alpha value is -2.11. The van der Waals surface area contributed by atoms with Crippen LogP contribution in [0.15, 0.2) is 47.5 Å². The number of anilines is 1. The van der Waals surface area contributed by atoms with Crippen LogP contribution in [0.5, 0.6) is 0 Å². The van der Waals surface area contributed by atoms with Crippen molar-refractivity contribution in [3.8, 4) is 0 Å². The van der Waals surface area contributed by atoms with Gasteiger partial charge in [0.2, 0.25) is 5.91 Å². The van der Waals surface area contributed by atoms with Crippen molar-refractivity contribution in [2.45, 2.75) is 18.9 Å². The standard InChI is InChI=1S/C18H16ClN3OS/c1-11-7-8-13(9-15(11)19)22-17(23)10-24-18-14-5-3-4-6-16(14)20-12(2)21-18/h3-9H,10H2,1-2H3,(H,22,23). The first-order valence-electron chi connectivity index (χ1n) is 7.45. The lowest BCUT2D eigenvalue weighted by atomic mass is 10.2. The fourth-order valence-corrected chi connectivity index (χ4v) is 3.32. The fourth-order valence-electron chi connectivity index (χ4n) is 2.27. The number of halogens is 1. The Balaban J connectivity index is 1.71. The van der Waals surface area contributed by atoms with E-state index in [4.69, 9.17) is 11.6 Å². The molecule has 122 valence electrons. The maximum atomic E-state index is 12.2. The van der Waals surface area contributed by atoms with Crippen molar-refractivity contribution in [3.63, 3.8) is 0 Å². The second-order valence-electron chi connectivity index (χ2n) is 5.39. The van der Waals surface area contributed by atoms with Crippen molar-refractivity contribution in [1.82, 2.24) is 9.97 Å². The van der Waals surface area contributed by atoms with Crippen LogP contribution in [0.1, 0.15) is 11.4 Å². The number of aryl methyl sites for hydroxylation is 2. The molecule has 0 atom stereocenters. The predicted molar refractivity (Wildman–Crippen MR) is 99.8 cm³/mol. The molecule has 0 bridgehead atoms. The molecule has 24 heavy (non-hydrogen) atoms. The van der Waals surface area contributed by atoms with Crippen LogP contribution in [0.4, 0.5) is 5.69 Å². The first-order valence-corrected chi connectivity index (χ1v) is 8.81. The SMILES string of the molecule is Cc1nc(SCC(=O)Nc2ccc(C)c(Cl)c2)c2ccccc2n1. The van der Waals surface area contributed by atoms with Crippen LogP contribution in [0, 0.1) is 13.8 Å². The molecule has 0 unspecified atom stereocenters. The molecule has 3 aromatic rings. The molecule has 0 aliphatic rings. The Labute approximate surface area is 149 Å². The van der Waals surface area contributed by atoms with Crippen molar-refractivity contribution in [3.05, 3.63) is 58.9 Å². The monoisotopic (exact) mass is 357 g/mol. The third-order valence-electron chi connectivity index (χ3n) is 3.48. The third-order valence-corrected chi connectivity index (χ3v) is 4.87. The maximum Gasteiger partial charge on any atom is 0.234 e. The average Bonchev–Trinajstić information content (AvgIpc) is 2.56. The van der Waals surface area contributed by atoms with Gasteiger partial charge in [-0.15, -0.1) is 0 Å². The van der Waals surface area contributed by atoms with Gasteiger partial charge in [0.1, 0.15) is 10.9 Å². The van der Waals surface area contributed by atoms with Gasteiger partial charge in [-0.25, -0.2) is 9.97 Å². The van der Waals surface area contributed by atoms with E-state index in [1.165, 1.54) is 11.8 Å². The molecule has 0 saturated heterocycles. The van der Waals surface area contributed by atoms with Gasteiger partial charge >= 0.3 is 0 Å². The largest absolute Gasteiger partial charge is 0.325 e. The van der Waals surface area contributed by atoms with Crippen LogP contribution < -0.4 is 5.32 Å². The van der Waals surface area contributed by atoms with Gasteiger partial charge in [0.25, 0.3) is 0 Å². The third kappa shape index (κ3) is 3.86. The lowest BCUT2D eigenvalue weighted by Crippen LogP contribution is -2.14. The van der Waals surface area contributed by atoms with Crippen molar-refractivity contribution < 1.29 is 4.79 Å². The number of hydrogen-bond acceptors (Lipinski definition) is 4. The zero-order valence-corrected chi connectivity index (χ0v) is 14.9. The van der Waals surface area contributed by atoms with E-state index in [9.17, 15) is 4.79 Å². The van der Waals surface area contributed by atoms with E-state index in [2.05, 4.69) is 15.3 Å². The quantitative estimate of drug-likeness (QED) is 0.546. The summed E-state index contributed by atoms with van der Waals surface area (Å²) < 4.78 is 0. The van der Waals surface area contributed by atoms with Crippen LogP contribution in [-0.4, -0.2) is 21.6 Å². The molecule has 1 heterocycles. The van der Waals surface area contributed by atoms with Crippen molar-refractivity contribution in [2.75, 3.05) is 11.1 Å². The number of nitrogens with one attached hydrogen (secondary N) is 1. The number of carbonyl (C=O) groups excluding carboxylic acids is 1. The fraction of sp³-hybridized carbons (Fsp3) is 0.167. The van der Waals surface area contributed by atoms with E-state index >= 15 is 0 Å². The zero-order valence-electron chi connectivity index (χ0n) is 13.3. The van der Waals surface area contributed by atoms with Crippen LogP contribution in [0.3, 0.4) is 0 Å². The highest BCUT2D eigenvalue weighted by molar-refractivity contribution is 8.00. The highest BCUT2D eigenvalue weighted by atomic mass is 35.5. The Bertz CT molecular complexity index is 914. The highest BCUT2D eigenvalue weighted by Crippen LogP contribution is 2.25. The van der Waals surface area contributed by atoms with Gasteiger partial charge in [-0.1, -0.05) is 47.6 Å². The van der Waals surface area contributed by atoms with Crippen LogP contribution in [-0.2, 0) is 4.79 Å². The summed E-state index contributed by atoms with van der Waals surface area (Å²) in [5.41, 5.74) is 2.56. The summed E-state index contributed by atoms with van der Waals surface area (Å²) in [6.07, 6.45) is 0. The Kier molecular flexibility index (Phi) is 5.02. The molecule has 0 spiro atoms. The average molecular weight is 358 g/mol. The van der Waals surface area contributed by atoms with Gasteiger partial charge < -0.3 is 5.32 Å². The molecule has 3 rings (SSSR count). The number of amides is 1. The summed E-state index contributed by atoms with van der Waals surface area (Å²) in [4.78, 5) is 21.1. The van der Waals surface area contributed by atoms with E-state index in [1.807, 2.05) is 50.2 Å². The highest BCUT2D eigenvalue weighted by Gasteiger charge is 2.10. The first kappa shape index (κ1) is 16.7. The van der Waals surface area contributed by atoms with E-state index in [1.54, 1.807) is 6.07 Å². The molecule has 2 aromatic carbocycles. The second-order valence-corrected chi connectivity index (χ2v) is 6.77. The van der Waals surface area contributed by atoms with E-state index < -0.39 is 0 Å². The topological polar surface area (TPSA) is 54.9 Å². The van der Waals surface area contributed by atoms with Crippen LogP contribution in [0.2, 0.25) is 5.02 Å². The van der Waals surface area contributed by atoms with Crippen LogP contribution >= 0.6 is 23.4 Å². The number of carbonyl (C=O) groups is 1. The van der Waals surface area contributed by atoms with Gasteiger partial charge in [0, 0.05) is 16.1 Å². The number of rotatable bonds is 4. The van der Waals surface area contributed by atoms with E-state index in [-0.39, 0.29) is 11.7 Å². The minimum atomic E-state index is -0.0970. The number of hydrogen-bond donors (Lipinski definition) is 1. The lowest BCUT2D eigenvalue weighted by molar-refractivity contribution is -0.113.